The van der Waals surface area contributed by atoms with E-state index in [1.54, 1.807) is 11.4 Å². The standard InChI is InChI=1S/C14H14N2O3S/c1-9-10(2)19-12(16-9)8-15-14(18)13-11(4-3-6-17)5-7-20-13/h5,7,17H,6,8H2,1-2H3,(H,15,18). The van der Waals surface area contributed by atoms with Crippen LogP contribution in [0.15, 0.2) is 15.9 Å². The molecule has 2 rings (SSSR count). The number of thiophene rings is 1. The maximum Gasteiger partial charge on any atom is 0.263 e. The highest BCUT2D eigenvalue weighted by molar-refractivity contribution is 7.12. The molecule has 20 heavy (non-hydrogen) atoms. The number of aryl methyl sites for hydroxylation is 2. The molecule has 104 valence electrons. The minimum atomic E-state index is -0.230. The Morgan fingerprint density at radius 3 is 3.00 bits per heavy atom. The molecule has 0 saturated heterocycles. The van der Waals surface area contributed by atoms with Crippen molar-refractivity contribution in [3.05, 3.63) is 39.2 Å². The largest absolute Gasteiger partial charge is 0.444 e. The van der Waals surface area contributed by atoms with Crippen LogP contribution in [-0.4, -0.2) is 22.6 Å². The SMILES string of the molecule is Cc1nc(CNC(=O)c2sccc2C#CCO)oc1C. The van der Waals surface area contributed by atoms with E-state index in [-0.39, 0.29) is 19.1 Å². The maximum atomic E-state index is 12.1. The molecule has 2 heterocycles. The van der Waals surface area contributed by atoms with Crippen LogP contribution in [0.25, 0.3) is 0 Å². The molecule has 2 aromatic rings. The van der Waals surface area contributed by atoms with Gasteiger partial charge < -0.3 is 14.8 Å². The highest BCUT2D eigenvalue weighted by Crippen LogP contribution is 2.16. The van der Waals surface area contributed by atoms with Crippen molar-refractivity contribution in [1.82, 2.24) is 10.3 Å². The molecule has 0 radical (unpaired) electrons. The van der Waals surface area contributed by atoms with Gasteiger partial charge in [-0.25, -0.2) is 4.98 Å². The Labute approximate surface area is 120 Å². The lowest BCUT2D eigenvalue weighted by Gasteiger charge is -2.01. The molecule has 5 nitrogen and oxygen atoms in total. The summed E-state index contributed by atoms with van der Waals surface area (Å²) in [5.41, 5.74) is 1.43. The minimum Gasteiger partial charge on any atom is -0.444 e. The second kappa shape index (κ2) is 6.37. The van der Waals surface area contributed by atoms with Crippen LogP contribution in [0.1, 0.15) is 32.6 Å². The monoisotopic (exact) mass is 290 g/mol. The number of oxazole rings is 1. The van der Waals surface area contributed by atoms with E-state index in [4.69, 9.17) is 9.52 Å². The zero-order valence-electron chi connectivity index (χ0n) is 11.2. The van der Waals surface area contributed by atoms with Gasteiger partial charge in [-0.15, -0.1) is 11.3 Å². The third-order valence-corrected chi connectivity index (χ3v) is 3.56. The van der Waals surface area contributed by atoms with Crippen molar-refractivity contribution in [2.75, 3.05) is 6.61 Å². The first-order chi connectivity index (χ1) is 9.61. The topological polar surface area (TPSA) is 75.4 Å². The van der Waals surface area contributed by atoms with Crippen LogP contribution in [-0.2, 0) is 6.54 Å². The molecule has 0 unspecified atom stereocenters. The Morgan fingerprint density at radius 1 is 1.55 bits per heavy atom. The number of aliphatic hydroxyl groups is 1. The molecular weight excluding hydrogens is 276 g/mol. The van der Waals surface area contributed by atoms with Gasteiger partial charge in [0.1, 0.15) is 17.2 Å². The molecule has 0 bridgehead atoms. The minimum absolute atomic E-state index is 0.226. The number of aliphatic hydroxyl groups excluding tert-OH is 1. The van der Waals surface area contributed by atoms with Crippen LogP contribution >= 0.6 is 11.3 Å². The van der Waals surface area contributed by atoms with Crippen LogP contribution in [0.4, 0.5) is 0 Å². The number of nitrogens with one attached hydrogen (secondary N) is 1. The molecule has 0 atom stereocenters. The van der Waals surface area contributed by atoms with E-state index >= 15 is 0 Å². The average molecular weight is 290 g/mol. The van der Waals surface area contributed by atoms with Gasteiger partial charge in [0.2, 0.25) is 5.89 Å². The van der Waals surface area contributed by atoms with E-state index in [1.807, 2.05) is 13.8 Å². The molecule has 0 saturated carbocycles. The Morgan fingerprint density at radius 2 is 2.35 bits per heavy atom. The summed E-state index contributed by atoms with van der Waals surface area (Å²) in [7, 11) is 0. The third-order valence-electron chi connectivity index (χ3n) is 2.65. The number of nitrogens with zero attached hydrogens (tertiary/aromatic N) is 1. The Hall–Kier alpha value is -2.10. The van der Waals surface area contributed by atoms with Gasteiger partial charge in [0.25, 0.3) is 5.91 Å². The Bertz CT molecular complexity index is 657. The highest BCUT2D eigenvalue weighted by atomic mass is 32.1. The lowest BCUT2D eigenvalue weighted by molar-refractivity contribution is 0.0951. The first-order valence-electron chi connectivity index (χ1n) is 6.00. The van der Waals surface area contributed by atoms with Gasteiger partial charge in [0, 0.05) is 5.56 Å². The van der Waals surface area contributed by atoms with Gasteiger partial charge in [-0.2, -0.15) is 0 Å². The number of amides is 1. The third kappa shape index (κ3) is 3.26. The molecule has 0 aromatic carbocycles. The quantitative estimate of drug-likeness (QED) is 0.842. The zero-order valence-corrected chi connectivity index (χ0v) is 12.0. The van der Waals surface area contributed by atoms with Gasteiger partial charge in [0.05, 0.1) is 12.2 Å². The summed E-state index contributed by atoms with van der Waals surface area (Å²) in [6, 6.07) is 1.75. The molecule has 0 fully saturated rings. The van der Waals surface area contributed by atoms with Crippen molar-refractivity contribution >= 4 is 17.2 Å². The molecule has 0 aliphatic heterocycles. The normalized spacial score (nSPS) is 9.95. The van der Waals surface area contributed by atoms with Crippen molar-refractivity contribution in [2.45, 2.75) is 20.4 Å². The van der Waals surface area contributed by atoms with Crippen molar-refractivity contribution < 1.29 is 14.3 Å². The summed E-state index contributed by atoms with van der Waals surface area (Å²) in [6.45, 7) is 3.69. The van der Waals surface area contributed by atoms with Crippen molar-refractivity contribution in [2.24, 2.45) is 0 Å². The first-order valence-corrected chi connectivity index (χ1v) is 6.88. The predicted molar refractivity (Wildman–Crippen MR) is 75.4 cm³/mol. The van der Waals surface area contributed by atoms with Crippen LogP contribution in [0.5, 0.6) is 0 Å². The fourth-order valence-corrected chi connectivity index (χ4v) is 2.33. The van der Waals surface area contributed by atoms with E-state index in [1.165, 1.54) is 11.3 Å². The van der Waals surface area contributed by atoms with Gasteiger partial charge in [-0.05, 0) is 25.3 Å². The van der Waals surface area contributed by atoms with Gasteiger partial charge >= 0.3 is 0 Å². The van der Waals surface area contributed by atoms with E-state index in [0.717, 1.165) is 11.5 Å². The summed E-state index contributed by atoms with van der Waals surface area (Å²) in [6.07, 6.45) is 0. The summed E-state index contributed by atoms with van der Waals surface area (Å²) in [5.74, 6) is 6.28. The number of rotatable bonds is 3. The van der Waals surface area contributed by atoms with Crippen LogP contribution in [0.3, 0.4) is 0 Å². The second-order valence-corrected chi connectivity index (χ2v) is 4.97. The molecular formula is C14H14N2O3S. The number of carbonyl (C=O) groups is 1. The van der Waals surface area contributed by atoms with Crippen LogP contribution < -0.4 is 5.32 Å². The smallest absolute Gasteiger partial charge is 0.263 e. The maximum absolute atomic E-state index is 12.1. The van der Waals surface area contributed by atoms with E-state index < -0.39 is 0 Å². The van der Waals surface area contributed by atoms with Crippen LogP contribution in [0.2, 0.25) is 0 Å². The Balaban J connectivity index is 2.03. The number of hydrogen-bond acceptors (Lipinski definition) is 5. The van der Waals surface area contributed by atoms with E-state index in [2.05, 4.69) is 22.1 Å². The second-order valence-electron chi connectivity index (χ2n) is 4.06. The molecule has 1 amide bonds. The predicted octanol–water partition coefficient (Wildman–Crippen LogP) is 1.63. The van der Waals surface area contributed by atoms with Gasteiger partial charge in [0.15, 0.2) is 0 Å². The summed E-state index contributed by atoms with van der Waals surface area (Å²) < 4.78 is 5.39. The van der Waals surface area contributed by atoms with Crippen molar-refractivity contribution in [3.63, 3.8) is 0 Å². The molecule has 0 aliphatic rings. The highest BCUT2D eigenvalue weighted by Gasteiger charge is 2.13. The zero-order chi connectivity index (χ0) is 14.5. The molecule has 0 aliphatic carbocycles. The number of hydrogen-bond donors (Lipinski definition) is 2. The van der Waals surface area contributed by atoms with Crippen LogP contribution in [0, 0.1) is 25.7 Å². The lowest BCUT2D eigenvalue weighted by Crippen LogP contribution is -2.22. The number of aromatic nitrogens is 1. The molecule has 0 spiro atoms. The summed E-state index contributed by atoms with van der Waals surface area (Å²) in [4.78, 5) is 16.8. The van der Waals surface area contributed by atoms with Crippen molar-refractivity contribution in [1.29, 1.82) is 0 Å². The summed E-state index contributed by atoms with van der Waals surface area (Å²) >= 11 is 1.30. The fraction of sp³-hybridized carbons (Fsp3) is 0.286. The van der Waals surface area contributed by atoms with E-state index in [0.29, 0.717) is 16.3 Å². The van der Waals surface area contributed by atoms with E-state index in [9.17, 15) is 4.79 Å². The first kappa shape index (κ1) is 14.3. The van der Waals surface area contributed by atoms with Gasteiger partial charge in [-0.1, -0.05) is 11.8 Å². The molecule has 6 heteroatoms. The summed E-state index contributed by atoms with van der Waals surface area (Å²) in [5, 5.41) is 13.2. The molecule has 2 aromatic heterocycles. The van der Waals surface area contributed by atoms with Gasteiger partial charge in [-0.3, -0.25) is 4.79 Å². The average Bonchev–Trinajstić information content (AvgIpc) is 3.01. The number of carbonyl (C=O) groups excluding carboxylic acids is 1. The fourth-order valence-electron chi connectivity index (χ4n) is 1.57. The Kier molecular flexibility index (Phi) is 4.56. The van der Waals surface area contributed by atoms with Crippen molar-refractivity contribution in [3.8, 4) is 11.8 Å². The lowest BCUT2D eigenvalue weighted by atomic mass is 10.2. The molecule has 2 N–H and O–H groups in total.